The van der Waals surface area contributed by atoms with E-state index in [4.69, 9.17) is 4.74 Å². The highest BCUT2D eigenvalue weighted by Gasteiger charge is 2.11. The molecule has 0 N–H and O–H groups in total. The molecule has 1 aromatic heterocycles. The standard InChI is InChI=1S/C21H20N2O3S/c1-3-23-17-12-11-16(20(25)26-4-2)14-18(17)27-21(23)22-19(24)13-10-15-8-6-5-7-9-15/h5-14H,3-4H2,1-2H3/b13-10+,22-21?. The Kier molecular flexibility index (Phi) is 5.98. The molecule has 138 valence electrons. The Morgan fingerprint density at radius 3 is 2.63 bits per heavy atom. The minimum Gasteiger partial charge on any atom is -0.462 e. The third kappa shape index (κ3) is 4.41. The molecule has 0 atom stereocenters. The molecule has 0 unspecified atom stereocenters. The zero-order valence-electron chi connectivity index (χ0n) is 15.2. The van der Waals surface area contributed by atoms with Gasteiger partial charge in [0.15, 0.2) is 4.80 Å². The zero-order valence-corrected chi connectivity index (χ0v) is 16.0. The van der Waals surface area contributed by atoms with E-state index in [0.717, 1.165) is 15.8 Å². The fraction of sp³-hybridized carbons (Fsp3) is 0.190. The first kappa shape index (κ1) is 18.8. The molecule has 1 heterocycles. The number of fused-ring (bicyclic) bond motifs is 1. The third-order valence-corrected chi connectivity index (χ3v) is 4.98. The molecule has 27 heavy (non-hydrogen) atoms. The Morgan fingerprint density at radius 2 is 1.93 bits per heavy atom. The van der Waals surface area contributed by atoms with Crippen molar-refractivity contribution in [1.82, 2.24) is 4.57 Å². The highest BCUT2D eigenvalue weighted by Crippen LogP contribution is 2.20. The van der Waals surface area contributed by atoms with Crippen molar-refractivity contribution in [2.24, 2.45) is 4.99 Å². The van der Waals surface area contributed by atoms with Crippen molar-refractivity contribution in [1.29, 1.82) is 0 Å². The lowest BCUT2D eigenvalue weighted by molar-refractivity contribution is -0.113. The fourth-order valence-electron chi connectivity index (χ4n) is 2.67. The Morgan fingerprint density at radius 1 is 1.15 bits per heavy atom. The zero-order chi connectivity index (χ0) is 19.2. The Labute approximate surface area is 161 Å². The van der Waals surface area contributed by atoms with Crippen LogP contribution in [0.4, 0.5) is 0 Å². The molecule has 0 spiro atoms. The van der Waals surface area contributed by atoms with Crippen LogP contribution in [0.5, 0.6) is 0 Å². The molecule has 0 radical (unpaired) electrons. The molecule has 0 bridgehead atoms. The van der Waals surface area contributed by atoms with E-state index in [1.807, 2.05) is 47.9 Å². The van der Waals surface area contributed by atoms with E-state index in [1.165, 1.54) is 17.4 Å². The van der Waals surface area contributed by atoms with Gasteiger partial charge in [-0.15, -0.1) is 0 Å². The van der Waals surface area contributed by atoms with Crippen LogP contribution in [0.2, 0.25) is 0 Å². The number of hydrogen-bond acceptors (Lipinski definition) is 4. The van der Waals surface area contributed by atoms with Gasteiger partial charge in [0.05, 0.1) is 22.4 Å². The van der Waals surface area contributed by atoms with Crippen LogP contribution in [0.15, 0.2) is 59.6 Å². The minimum atomic E-state index is -0.351. The summed E-state index contributed by atoms with van der Waals surface area (Å²) < 4.78 is 7.90. The van der Waals surface area contributed by atoms with E-state index in [-0.39, 0.29) is 11.9 Å². The fourth-order valence-corrected chi connectivity index (χ4v) is 3.81. The van der Waals surface area contributed by atoms with E-state index in [1.54, 1.807) is 25.1 Å². The second-order valence-electron chi connectivity index (χ2n) is 5.73. The number of rotatable bonds is 5. The van der Waals surface area contributed by atoms with Gasteiger partial charge in [-0.05, 0) is 43.7 Å². The van der Waals surface area contributed by atoms with Crippen molar-refractivity contribution in [3.05, 3.63) is 70.5 Å². The van der Waals surface area contributed by atoms with Crippen molar-refractivity contribution in [2.45, 2.75) is 20.4 Å². The summed E-state index contributed by atoms with van der Waals surface area (Å²) in [6.07, 6.45) is 3.21. The highest BCUT2D eigenvalue weighted by molar-refractivity contribution is 7.16. The minimum absolute atomic E-state index is 0.321. The first-order chi connectivity index (χ1) is 13.1. The van der Waals surface area contributed by atoms with Crippen LogP contribution in [0.25, 0.3) is 16.3 Å². The number of thiazole rings is 1. The highest BCUT2D eigenvalue weighted by atomic mass is 32.1. The molecule has 0 aliphatic carbocycles. The molecular formula is C21H20N2O3S. The molecule has 0 saturated heterocycles. The van der Waals surface area contributed by atoms with Gasteiger partial charge in [0, 0.05) is 12.6 Å². The van der Waals surface area contributed by atoms with Crippen LogP contribution in [0, 0.1) is 0 Å². The average Bonchev–Trinajstić information content (AvgIpc) is 3.03. The third-order valence-electron chi connectivity index (χ3n) is 3.93. The summed E-state index contributed by atoms with van der Waals surface area (Å²) in [6.45, 7) is 4.78. The number of aryl methyl sites for hydroxylation is 1. The second kappa shape index (κ2) is 8.60. The number of amides is 1. The lowest BCUT2D eigenvalue weighted by atomic mass is 10.2. The maximum absolute atomic E-state index is 12.3. The van der Waals surface area contributed by atoms with E-state index in [0.29, 0.717) is 23.5 Å². The quantitative estimate of drug-likeness (QED) is 0.496. The van der Waals surface area contributed by atoms with Crippen molar-refractivity contribution in [3.63, 3.8) is 0 Å². The number of aromatic nitrogens is 1. The lowest BCUT2D eigenvalue weighted by Crippen LogP contribution is -2.15. The predicted octanol–water partition coefficient (Wildman–Crippen LogP) is 4.04. The van der Waals surface area contributed by atoms with E-state index in [2.05, 4.69) is 4.99 Å². The number of ether oxygens (including phenoxy) is 1. The summed E-state index contributed by atoms with van der Waals surface area (Å²) in [5.74, 6) is -0.672. The Bertz CT molecular complexity index is 1060. The van der Waals surface area contributed by atoms with E-state index < -0.39 is 0 Å². The summed E-state index contributed by atoms with van der Waals surface area (Å²) in [4.78, 5) is 29.0. The monoisotopic (exact) mass is 380 g/mol. The van der Waals surface area contributed by atoms with Crippen LogP contribution in [0.3, 0.4) is 0 Å². The van der Waals surface area contributed by atoms with Gasteiger partial charge >= 0.3 is 5.97 Å². The summed E-state index contributed by atoms with van der Waals surface area (Å²) >= 11 is 1.38. The summed E-state index contributed by atoms with van der Waals surface area (Å²) in [5.41, 5.74) is 2.38. The van der Waals surface area contributed by atoms with Crippen molar-refractivity contribution < 1.29 is 14.3 Å². The topological polar surface area (TPSA) is 60.7 Å². The number of esters is 1. The normalized spacial score (nSPS) is 12.0. The molecule has 1 amide bonds. The Balaban J connectivity index is 1.95. The molecular weight excluding hydrogens is 360 g/mol. The number of carbonyl (C=O) groups is 2. The first-order valence-corrected chi connectivity index (χ1v) is 9.56. The van der Waals surface area contributed by atoms with Gasteiger partial charge in [0.2, 0.25) is 0 Å². The number of benzene rings is 2. The lowest BCUT2D eigenvalue weighted by Gasteiger charge is -2.03. The smallest absolute Gasteiger partial charge is 0.338 e. The maximum atomic E-state index is 12.3. The van der Waals surface area contributed by atoms with Gasteiger partial charge in [-0.1, -0.05) is 41.7 Å². The van der Waals surface area contributed by atoms with E-state index in [9.17, 15) is 9.59 Å². The summed E-state index contributed by atoms with van der Waals surface area (Å²) in [5, 5.41) is 0. The van der Waals surface area contributed by atoms with Gasteiger partial charge in [-0.2, -0.15) is 4.99 Å². The van der Waals surface area contributed by atoms with Crippen LogP contribution in [-0.4, -0.2) is 23.1 Å². The van der Waals surface area contributed by atoms with Crippen LogP contribution < -0.4 is 4.80 Å². The van der Waals surface area contributed by atoms with Gasteiger partial charge in [0.25, 0.3) is 5.91 Å². The van der Waals surface area contributed by atoms with Gasteiger partial charge < -0.3 is 9.30 Å². The number of nitrogens with zero attached hydrogens (tertiary/aromatic N) is 2. The summed E-state index contributed by atoms with van der Waals surface area (Å²) in [6, 6.07) is 15.0. The number of hydrogen-bond donors (Lipinski definition) is 0. The van der Waals surface area contributed by atoms with Gasteiger partial charge in [-0.25, -0.2) is 4.79 Å². The second-order valence-corrected chi connectivity index (χ2v) is 6.74. The van der Waals surface area contributed by atoms with Crippen LogP contribution in [0.1, 0.15) is 29.8 Å². The maximum Gasteiger partial charge on any atom is 0.338 e. The van der Waals surface area contributed by atoms with Crippen LogP contribution >= 0.6 is 11.3 Å². The summed E-state index contributed by atoms with van der Waals surface area (Å²) in [7, 11) is 0. The van der Waals surface area contributed by atoms with Gasteiger partial charge in [-0.3, -0.25) is 4.79 Å². The molecule has 6 heteroatoms. The molecule has 0 aliphatic heterocycles. The van der Waals surface area contributed by atoms with Crippen molar-refractivity contribution in [3.8, 4) is 0 Å². The number of carbonyl (C=O) groups excluding carboxylic acids is 2. The molecule has 0 aliphatic rings. The molecule has 3 rings (SSSR count). The predicted molar refractivity (Wildman–Crippen MR) is 107 cm³/mol. The largest absolute Gasteiger partial charge is 0.462 e. The molecule has 0 saturated carbocycles. The molecule has 3 aromatic rings. The van der Waals surface area contributed by atoms with E-state index >= 15 is 0 Å². The molecule has 5 nitrogen and oxygen atoms in total. The molecule has 2 aromatic carbocycles. The SMILES string of the molecule is CCOC(=O)c1ccc2c(c1)sc(=NC(=O)/C=C/c1ccccc1)n2CC. The Hall–Kier alpha value is -2.99. The average molecular weight is 380 g/mol. The first-order valence-electron chi connectivity index (χ1n) is 8.74. The van der Waals surface area contributed by atoms with Crippen LogP contribution in [-0.2, 0) is 16.1 Å². The van der Waals surface area contributed by atoms with Gasteiger partial charge in [0.1, 0.15) is 0 Å². The molecule has 0 fully saturated rings. The van der Waals surface area contributed by atoms with Crippen molar-refractivity contribution >= 4 is 39.5 Å². The van der Waals surface area contributed by atoms with Crippen molar-refractivity contribution in [2.75, 3.05) is 6.61 Å².